The van der Waals surface area contributed by atoms with Gasteiger partial charge in [0.15, 0.2) is 0 Å². The molecule has 2 heterocycles. The molecule has 3 rings (SSSR count). The zero-order chi connectivity index (χ0) is 16.9. The van der Waals surface area contributed by atoms with E-state index in [0.29, 0.717) is 24.3 Å². The van der Waals surface area contributed by atoms with Crippen molar-refractivity contribution in [2.45, 2.75) is 44.7 Å². The van der Waals surface area contributed by atoms with E-state index in [-0.39, 0.29) is 5.91 Å². The second-order valence-corrected chi connectivity index (χ2v) is 6.65. The highest BCUT2D eigenvalue weighted by Gasteiger charge is 2.38. The molecule has 1 aromatic rings. The van der Waals surface area contributed by atoms with Gasteiger partial charge in [0.1, 0.15) is 12.4 Å². The van der Waals surface area contributed by atoms with Crippen molar-refractivity contribution in [3.8, 4) is 11.8 Å². The molecule has 2 atom stereocenters. The molecule has 2 aliphatic heterocycles. The lowest BCUT2D eigenvalue weighted by molar-refractivity contribution is -0.130. The first-order valence-electron chi connectivity index (χ1n) is 8.83. The molecule has 2 aliphatic rings. The normalized spacial score (nSPS) is 24.1. The third-order valence-corrected chi connectivity index (χ3v) is 5.19. The van der Waals surface area contributed by atoms with Gasteiger partial charge in [-0.1, -0.05) is 0 Å². The summed E-state index contributed by atoms with van der Waals surface area (Å²) in [6.45, 7) is 5.20. The minimum absolute atomic E-state index is 0.207. The monoisotopic (exact) mass is 327 g/mol. The van der Waals surface area contributed by atoms with Crippen LogP contribution >= 0.6 is 0 Å². The van der Waals surface area contributed by atoms with E-state index in [1.165, 1.54) is 12.8 Å². The van der Waals surface area contributed by atoms with E-state index in [2.05, 4.69) is 15.9 Å². The molecule has 0 aromatic heterocycles. The average molecular weight is 327 g/mol. The van der Waals surface area contributed by atoms with Crippen LogP contribution < -0.4 is 4.74 Å². The number of benzene rings is 1. The molecule has 0 N–H and O–H groups in total. The number of hydrogen-bond acceptors (Lipinski definition) is 4. The predicted octanol–water partition coefficient (Wildman–Crippen LogP) is 2.41. The van der Waals surface area contributed by atoms with Gasteiger partial charge in [-0.05, 0) is 56.5 Å². The molecule has 0 spiro atoms. The van der Waals surface area contributed by atoms with Crippen LogP contribution in [0.5, 0.6) is 5.75 Å². The van der Waals surface area contributed by atoms with Crippen LogP contribution in [0.1, 0.15) is 38.2 Å². The van der Waals surface area contributed by atoms with Crippen molar-refractivity contribution in [2.24, 2.45) is 0 Å². The summed E-state index contributed by atoms with van der Waals surface area (Å²) in [7, 11) is 0. The highest BCUT2D eigenvalue weighted by Crippen LogP contribution is 2.29. The number of ether oxygens (including phenoxy) is 1. The van der Waals surface area contributed by atoms with Gasteiger partial charge in [-0.25, -0.2) is 0 Å². The predicted molar refractivity (Wildman–Crippen MR) is 91.7 cm³/mol. The first-order valence-corrected chi connectivity index (χ1v) is 8.83. The number of carbonyl (C=O) groups excluding carboxylic acids is 1. The standard InChI is InChI=1S/C19H25N3O2/c1-15(23)22-11-3-5-19(22)18-4-2-10-21(18)12-13-24-17-8-6-16(14-20)7-9-17/h6-9,18-19H,2-5,10-13H2,1H3/t18-,19-/m1/s1. The molecule has 24 heavy (non-hydrogen) atoms. The van der Waals surface area contributed by atoms with Gasteiger partial charge in [0.05, 0.1) is 11.6 Å². The Morgan fingerprint density at radius 3 is 2.62 bits per heavy atom. The molecule has 2 fully saturated rings. The van der Waals surface area contributed by atoms with E-state index < -0.39 is 0 Å². The second kappa shape index (κ2) is 7.67. The van der Waals surface area contributed by atoms with E-state index >= 15 is 0 Å². The van der Waals surface area contributed by atoms with Gasteiger partial charge in [-0.15, -0.1) is 0 Å². The van der Waals surface area contributed by atoms with Crippen molar-refractivity contribution < 1.29 is 9.53 Å². The summed E-state index contributed by atoms with van der Waals surface area (Å²) < 4.78 is 5.82. The van der Waals surface area contributed by atoms with Crippen molar-refractivity contribution in [3.63, 3.8) is 0 Å². The fourth-order valence-corrected chi connectivity index (χ4v) is 4.06. The Kier molecular flexibility index (Phi) is 5.37. The van der Waals surface area contributed by atoms with Gasteiger partial charge in [0.2, 0.25) is 5.91 Å². The average Bonchev–Trinajstić information content (AvgIpc) is 3.24. The van der Waals surface area contributed by atoms with Crippen molar-refractivity contribution in [1.29, 1.82) is 5.26 Å². The first kappa shape index (κ1) is 16.8. The molecule has 1 amide bonds. The minimum Gasteiger partial charge on any atom is -0.492 e. The minimum atomic E-state index is 0.207. The quantitative estimate of drug-likeness (QED) is 0.833. The Morgan fingerprint density at radius 1 is 1.21 bits per heavy atom. The van der Waals surface area contributed by atoms with E-state index in [1.54, 1.807) is 19.1 Å². The summed E-state index contributed by atoms with van der Waals surface area (Å²) >= 11 is 0. The number of nitrogens with zero attached hydrogens (tertiary/aromatic N) is 3. The smallest absolute Gasteiger partial charge is 0.219 e. The van der Waals surface area contributed by atoms with E-state index in [9.17, 15) is 4.79 Å². The molecular weight excluding hydrogens is 302 g/mol. The Balaban J connectivity index is 1.52. The third kappa shape index (κ3) is 3.70. The summed E-state index contributed by atoms with van der Waals surface area (Å²) in [6, 6.07) is 10.2. The topological polar surface area (TPSA) is 56.6 Å². The molecule has 5 heteroatoms. The fourth-order valence-electron chi connectivity index (χ4n) is 4.06. The van der Waals surface area contributed by atoms with Crippen LogP contribution in [0, 0.1) is 11.3 Å². The maximum absolute atomic E-state index is 11.8. The van der Waals surface area contributed by atoms with Crippen LogP contribution in [0.25, 0.3) is 0 Å². The molecule has 128 valence electrons. The summed E-state index contributed by atoms with van der Waals surface area (Å²) in [4.78, 5) is 16.4. The molecule has 5 nitrogen and oxygen atoms in total. The van der Waals surface area contributed by atoms with Gasteiger partial charge in [-0.3, -0.25) is 9.69 Å². The SMILES string of the molecule is CC(=O)N1CCC[C@@H]1[C@H]1CCCN1CCOc1ccc(C#N)cc1. The highest BCUT2D eigenvalue weighted by molar-refractivity contribution is 5.74. The molecule has 0 unspecified atom stereocenters. The van der Waals surface area contributed by atoms with Gasteiger partial charge >= 0.3 is 0 Å². The summed E-state index contributed by atoms with van der Waals surface area (Å²) in [5.74, 6) is 1.01. The fraction of sp³-hybridized carbons (Fsp3) is 0.579. The lowest BCUT2D eigenvalue weighted by Gasteiger charge is -2.34. The number of amides is 1. The molecule has 0 aliphatic carbocycles. The maximum Gasteiger partial charge on any atom is 0.219 e. The van der Waals surface area contributed by atoms with Gasteiger partial charge in [0.25, 0.3) is 0 Å². The molecule has 0 radical (unpaired) electrons. The van der Waals surface area contributed by atoms with Crippen molar-refractivity contribution in [3.05, 3.63) is 29.8 Å². The Labute approximate surface area is 143 Å². The van der Waals surface area contributed by atoms with Gasteiger partial charge < -0.3 is 9.64 Å². The number of carbonyl (C=O) groups is 1. The second-order valence-electron chi connectivity index (χ2n) is 6.65. The molecule has 2 saturated heterocycles. The molecular formula is C19H25N3O2. The molecule has 1 aromatic carbocycles. The van der Waals surface area contributed by atoms with E-state index in [1.807, 2.05) is 12.1 Å². The Hall–Kier alpha value is -2.06. The molecule has 0 bridgehead atoms. The van der Waals surface area contributed by atoms with Crippen LogP contribution in [0.2, 0.25) is 0 Å². The zero-order valence-corrected chi connectivity index (χ0v) is 14.3. The van der Waals surface area contributed by atoms with E-state index in [0.717, 1.165) is 38.2 Å². The van der Waals surface area contributed by atoms with E-state index in [4.69, 9.17) is 10.00 Å². The first-order chi connectivity index (χ1) is 11.7. The highest BCUT2D eigenvalue weighted by atomic mass is 16.5. The lowest BCUT2D eigenvalue weighted by atomic mass is 10.0. The lowest BCUT2D eigenvalue weighted by Crippen LogP contribution is -2.48. The van der Waals surface area contributed by atoms with Crippen LogP contribution in [0.3, 0.4) is 0 Å². The molecule has 0 saturated carbocycles. The van der Waals surface area contributed by atoms with Crippen molar-refractivity contribution >= 4 is 5.91 Å². The number of likely N-dealkylation sites (tertiary alicyclic amines) is 2. The maximum atomic E-state index is 11.8. The van der Waals surface area contributed by atoms with Crippen LogP contribution in [-0.4, -0.2) is 54.0 Å². The number of hydrogen-bond donors (Lipinski definition) is 0. The van der Waals surface area contributed by atoms with Crippen LogP contribution in [-0.2, 0) is 4.79 Å². The zero-order valence-electron chi connectivity index (χ0n) is 14.3. The van der Waals surface area contributed by atoms with Crippen molar-refractivity contribution in [1.82, 2.24) is 9.80 Å². The number of rotatable bonds is 5. The van der Waals surface area contributed by atoms with Crippen molar-refractivity contribution in [2.75, 3.05) is 26.2 Å². The van der Waals surface area contributed by atoms with Crippen LogP contribution in [0.15, 0.2) is 24.3 Å². The van der Waals surface area contributed by atoms with Gasteiger partial charge in [-0.2, -0.15) is 5.26 Å². The Morgan fingerprint density at radius 2 is 1.92 bits per heavy atom. The van der Waals surface area contributed by atoms with Crippen LogP contribution in [0.4, 0.5) is 0 Å². The largest absolute Gasteiger partial charge is 0.492 e. The Bertz CT molecular complexity index is 608. The summed E-state index contributed by atoms with van der Waals surface area (Å²) in [5.41, 5.74) is 0.646. The third-order valence-electron chi connectivity index (χ3n) is 5.19. The summed E-state index contributed by atoms with van der Waals surface area (Å²) in [5, 5.41) is 8.82. The van der Waals surface area contributed by atoms with Gasteiger partial charge in [0, 0.05) is 32.1 Å². The summed E-state index contributed by atoms with van der Waals surface area (Å²) in [6.07, 6.45) is 4.61. The number of nitriles is 1.